The Morgan fingerprint density at radius 2 is 2.04 bits per heavy atom. The van der Waals surface area contributed by atoms with Crippen molar-refractivity contribution in [2.75, 3.05) is 27.2 Å². The summed E-state index contributed by atoms with van der Waals surface area (Å²) < 4.78 is 6.57. The summed E-state index contributed by atoms with van der Waals surface area (Å²) in [5.74, 6) is 0.847. The molecule has 0 radical (unpaired) electrons. The van der Waals surface area contributed by atoms with E-state index < -0.39 is 5.60 Å². The molecule has 0 bridgehead atoms. The number of methoxy groups -OCH3 is 1. The Morgan fingerprint density at radius 1 is 1.18 bits per heavy atom. The lowest BCUT2D eigenvalue weighted by Gasteiger charge is -2.56. The third kappa shape index (κ3) is 2.56. The number of aromatic amines is 1. The molecule has 28 heavy (non-hydrogen) atoms. The molecule has 2 heterocycles. The number of piperidine rings is 1. The van der Waals surface area contributed by atoms with Gasteiger partial charge < -0.3 is 19.7 Å². The highest BCUT2D eigenvalue weighted by molar-refractivity contribution is 9.10. The average molecular weight is 441 g/mol. The van der Waals surface area contributed by atoms with E-state index in [1.54, 1.807) is 7.11 Å². The zero-order chi connectivity index (χ0) is 19.5. The first-order chi connectivity index (χ1) is 13.4. The van der Waals surface area contributed by atoms with Crippen molar-refractivity contribution in [3.05, 3.63) is 63.8 Å². The van der Waals surface area contributed by atoms with Crippen molar-refractivity contribution >= 4 is 26.8 Å². The predicted octanol–water partition coefficient (Wildman–Crippen LogP) is 4.04. The third-order valence-electron chi connectivity index (χ3n) is 6.87. The lowest BCUT2D eigenvalue weighted by Crippen LogP contribution is -2.65. The summed E-state index contributed by atoms with van der Waals surface area (Å²) in [4.78, 5) is 5.91. The molecule has 4 nitrogen and oxygen atoms in total. The summed E-state index contributed by atoms with van der Waals surface area (Å²) in [5.41, 5.74) is 3.69. The highest BCUT2D eigenvalue weighted by atomic mass is 79.9. The smallest absolute Gasteiger partial charge is 0.119 e. The number of rotatable bonds is 2. The van der Waals surface area contributed by atoms with Crippen molar-refractivity contribution in [1.82, 2.24) is 9.88 Å². The van der Waals surface area contributed by atoms with Gasteiger partial charge in [-0.15, -0.1) is 0 Å². The Kier molecular flexibility index (Phi) is 4.13. The van der Waals surface area contributed by atoms with Crippen molar-refractivity contribution in [2.45, 2.75) is 30.3 Å². The maximum Gasteiger partial charge on any atom is 0.119 e. The second-order valence-corrected chi connectivity index (χ2v) is 9.37. The number of β-amino-alcohol motifs (C(OH)–C–C–N with tert-alkyl or cyclic N) is 1. The predicted molar refractivity (Wildman–Crippen MR) is 115 cm³/mol. The summed E-state index contributed by atoms with van der Waals surface area (Å²) in [6, 6.07) is 14.7. The molecule has 2 unspecified atom stereocenters. The molecule has 2 atom stereocenters. The number of hydrogen-bond acceptors (Lipinski definition) is 3. The van der Waals surface area contributed by atoms with E-state index in [1.807, 2.05) is 12.1 Å². The van der Waals surface area contributed by atoms with Crippen LogP contribution in [0.15, 0.2) is 46.9 Å². The molecular weight excluding hydrogens is 416 g/mol. The van der Waals surface area contributed by atoms with Crippen LogP contribution in [0.4, 0.5) is 0 Å². The minimum atomic E-state index is -0.818. The fraction of sp³-hybridized carbons (Fsp3) is 0.391. The zero-order valence-corrected chi connectivity index (χ0v) is 17.8. The third-order valence-corrected chi connectivity index (χ3v) is 7.36. The average Bonchev–Trinajstić information content (AvgIpc) is 3.01. The van der Waals surface area contributed by atoms with Crippen LogP contribution in [0.5, 0.6) is 5.75 Å². The first-order valence-electron chi connectivity index (χ1n) is 9.79. The molecule has 2 aliphatic rings. The van der Waals surface area contributed by atoms with E-state index >= 15 is 0 Å². The van der Waals surface area contributed by atoms with Crippen molar-refractivity contribution < 1.29 is 9.84 Å². The molecule has 3 aromatic rings. The van der Waals surface area contributed by atoms with Gasteiger partial charge in [0, 0.05) is 45.9 Å². The normalized spacial score (nSPS) is 27.4. The van der Waals surface area contributed by atoms with Crippen LogP contribution in [0.3, 0.4) is 0 Å². The van der Waals surface area contributed by atoms with Gasteiger partial charge in [-0.2, -0.15) is 0 Å². The van der Waals surface area contributed by atoms with Crippen LogP contribution in [0.1, 0.15) is 23.2 Å². The Morgan fingerprint density at radius 3 is 2.86 bits per heavy atom. The van der Waals surface area contributed by atoms with Crippen molar-refractivity contribution in [1.29, 1.82) is 0 Å². The molecule has 1 aliphatic heterocycles. The number of aromatic nitrogens is 1. The van der Waals surface area contributed by atoms with Gasteiger partial charge in [0.1, 0.15) is 5.75 Å². The van der Waals surface area contributed by atoms with Crippen LogP contribution in [0, 0.1) is 0 Å². The van der Waals surface area contributed by atoms with E-state index in [2.05, 4.69) is 63.2 Å². The van der Waals surface area contributed by atoms with Crippen molar-refractivity contribution in [3.8, 4) is 5.75 Å². The van der Waals surface area contributed by atoms with Gasteiger partial charge in [0.2, 0.25) is 0 Å². The Hall–Kier alpha value is -1.82. The number of halogens is 1. The van der Waals surface area contributed by atoms with E-state index in [0.717, 1.165) is 35.1 Å². The van der Waals surface area contributed by atoms with Gasteiger partial charge in [0.25, 0.3) is 0 Å². The quantitative estimate of drug-likeness (QED) is 0.631. The molecule has 5 heteroatoms. The summed E-state index contributed by atoms with van der Waals surface area (Å²) in [5, 5.41) is 13.3. The number of ether oxygens (including phenoxy) is 1. The molecule has 5 rings (SSSR count). The Bertz CT molecular complexity index is 1060. The fourth-order valence-corrected chi connectivity index (χ4v) is 5.80. The van der Waals surface area contributed by atoms with Crippen LogP contribution in [0.25, 0.3) is 10.9 Å². The maximum atomic E-state index is 12.1. The standard InChI is InChI=1S/C23H25BrN2O2/c1-26-9-8-22(15-4-3-5-17(10-15)28-2)13-21-19(12-23(22,27)14-26)18-7-6-16(24)11-20(18)25-21/h3-7,10-11,25,27H,8-9,12-14H2,1-2H3. The molecule has 0 amide bonds. The molecule has 1 fully saturated rings. The highest BCUT2D eigenvalue weighted by Crippen LogP contribution is 2.51. The summed E-state index contributed by atoms with van der Waals surface area (Å²) in [6.07, 6.45) is 2.39. The molecule has 2 aromatic carbocycles. The molecule has 0 saturated carbocycles. The van der Waals surface area contributed by atoms with Crippen LogP contribution < -0.4 is 4.74 Å². The molecule has 2 N–H and O–H groups in total. The lowest BCUT2D eigenvalue weighted by atomic mass is 9.56. The molecule has 146 valence electrons. The lowest BCUT2D eigenvalue weighted by molar-refractivity contribution is -0.0972. The number of nitrogens with zero attached hydrogens (tertiary/aromatic N) is 1. The van der Waals surface area contributed by atoms with Gasteiger partial charge in [0.05, 0.1) is 12.7 Å². The Labute approximate surface area is 173 Å². The molecular formula is C23H25BrN2O2. The second-order valence-electron chi connectivity index (χ2n) is 8.46. The van der Waals surface area contributed by atoms with Gasteiger partial charge in [-0.05, 0) is 55.4 Å². The number of benzene rings is 2. The number of hydrogen-bond donors (Lipinski definition) is 2. The minimum Gasteiger partial charge on any atom is -0.497 e. The number of H-pyrrole nitrogens is 1. The Balaban J connectivity index is 1.71. The SMILES string of the molecule is COc1cccc(C23CCN(C)CC2(O)Cc2c([nH]c4cc(Br)ccc24)C3)c1. The van der Waals surface area contributed by atoms with Gasteiger partial charge in [-0.1, -0.05) is 34.1 Å². The van der Waals surface area contributed by atoms with Crippen molar-refractivity contribution in [2.24, 2.45) is 0 Å². The van der Waals surface area contributed by atoms with Gasteiger partial charge in [0.15, 0.2) is 0 Å². The molecule has 1 aliphatic carbocycles. The van der Waals surface area contributed by atoms with Crippen LogP contribution in [-0.2, 0) is 18.3 Å². The van der Waals surface area contributed by atoms with E-state index in [4.69, 9.17) is 4.74 Å². The fourth-order valence-electron chi connectivity index (χ4n) is 5.44. The van der Waals surface area contributed by atoms with Crippen LogP contribution in [-0.4, -0.2) is 47.8 Å². The number of likely N-dealkylation sites (tertiary alicyclic amines) is 1. The number of nitrogens with one attached hydrogen (secondary N) is 1. The minimum absolute atomic E-state index is 0.320. The molecule has 0 spiro atoms. The topological polar surface area (TPSA) is 48.5 Å². The largest absolute Gasteiger partial charge is 0.497 e. The summed E-state index contributed by atoms with van der Waals surface area (Å²) in [6.45, 7) is 1.65. The summed E-state index contributed by atoms with van der Waals surface area (Å²) >= 11 is 3.58. The van der Waals surface area contributed by atoms with Crippen molar-refractivity contribution in [3.63, 3.8) is 0 Å². The number of likely N-dealkylation sites (N-methyl/N-ethyl adjacent to an activating group) is 1. The number of fused-ring (bicyclic) bond motifs is 4. The molecule has 1 aromatic heterocycles. The van der Waals surface area contributed by atoms with E-state index in [1.165, 1.54) is 22.2 Å². The van der Waals surface area contributed by atoms with Gasteiger partial charge in [-0.25, -0.2) is 0 Å². The molecule has 1 saturated heterocycles. The van der Waals surface area contributed by atoms with Crippen LogP contribution in [0.2, 0.25) is 0 Å². The maximum absolute atomic E-state index is 12.1. The van der Waals surface area contributed by atoms with E-state index in [0.29, 0.717) is 13.0 Å². The van der Waals surface area contributed by atoms with E-state index in [-0.39, 0.29) is 5.41 Å². The first kappa shape index (κ1) is 18.2. The van der Waals surface area contributed by atoms with Gasteiger partial charge >= 0.3 is 0 Å². The zero-order valence-electron chi connectivity index (χ0n) is 16.3. The summed E-state index contributed by atoms with van der Waals surface area (Å²) in [7, 11) is 3.81. The highest BCUT2D eigenvalue weighted by Gasteiger charge is 2.57. The van der Waals surface area contributed by atoms with E-state index in [9.17, 15) is 5.11 Å². The monoisotopic (exact) mass is 440 g/mol. The van der Waals surface area contributed by atoms with Gasteiger partial charge in [-0.3, -0.25) is 0 Å². The van der Waals surface area contributed by atoms with Crippen LogP contribution >= 0.6 is 15.9 Å². The number of aliphatic hydroxyl groups is 1. The first-order valence-corrected chi connectivity index (χ1v) is 10.6. The second kappa shape index (κ2) is 6.34.